The van der Waals surface area contributed by atoms with E-state index in [1.165, 1.54) is 135 Å². The Morgan fingerprint density at radius 3 is 0.926 bits per heavy atom. The van der Waals surface area contributed by atoms with E-state index in [4.69, 9.17) is 0 Å². The molecule has 0 saturated carbocycles. The smallest absolute Gasteiger partial charge is 0.0443 e. The maximum atomic E-state index is 2.49. The summed E-state index contributed by atoms with van der Waals surface area (Å²) < 4.78 is 0. The highest BCUT2D eigenvalue weighted by Gasteiger charge is 2.06. The SMILES string of the molecule is CCCCCCCCCCC(C)CCCC(C)CCCCCCCCCC. The summed E-state index contributed by atoms with van der Waals surface area (Å²) in [5, 5.41) is 0. The first-order chi connectivity index (χ1) is 13.2. The minimum absolute atomic E-state index is 0.959. The first-order valence-corrected chi connectivity index (χ1v) is 13.2. The first-order valence-electron chi connectivity index (χ1n) is 13.2. The average Bonchev–Trinajstić information content (AvgIpc) is 2.66. The summed E-state index contributed by atoms with van der Waals surface area (Å²) in [5.74, 6) is 1.92. The summed E-state index contributed by atoms with van der Waals surface area (Å²) in [5.41, 5.74) is 0. The molecule has 0 nitrogen and oxygen atoms in total. The van der Waals surface area contributed by atoms with Gasteiger partial charge in [-0.1, -0.05) is 163 Å². The van der Waals surface area contributed by atoms with Crippen LogP contribution in [0.2, 0.25) is 0 Å². The lowest BCUT2D eigenvalue weighted by Gasteiger charge is -2.14. The maximum Gasteiger partial charge on any atom is -0.0443 e. The van der Waals surface area contributed by atoms with Crippen molar-refractivity contribution in [3.05, 3.63) is 0 Å². The van der Waals surface area contributed by atoms with Gasteiger partial charge in [-0.15, -0.1) is 0 Å². The third-order valence-corrected chi connectivity index (χ3v) is 6.49. The van der Waals surface area contributed by atoms with Gasteiger partial charge >= 0.3 is 0 Å². The molecule has 0 N–H and O–H groups in total. The fourth-order valence-electron chi connectivity index (χ4n) is 4.36. The predicted octanol–water partition coefficient (Wildman–Crippen LogP) is 10.5. The second-order valence-electron chi connectivity index (χ2n) is 9.67. The molecule has 0 radical (unpaired) electrons. The molecule has 0 aliphatic heterocycles. The molecule has 164 valence electrons. The molecule has 0 aliphatic rings. The Kier molecular flexibility index (Phi) is 22.3. The topological polar surface area (TPSA) is 0 Å². The largest absolute Gasteiger partial charge is 0.0654 e. The Hall–Kier alpha value is 0. The molecule has 2 unspecified atom stereocenters. The molecule has 0 rings (SSSR count). The highest BCUT2D eigenvalue weighted by atomic mass is 14.1. The van der Waals surface area contributed by atoms with Gasteiger partial charge in [0.25, 0.3) is 0 Å². The monoisotopic (exact) mass is 380 g/mol. The maximum absolute atomic E-state index is 2.49. The fraction of sp³-hybridized carbons (Fsp3) is 1.00. The van der Waals surface area contributed by atoms with E-state index >= 15 is 0 Å². The van der Waals surface area contributed by atoms with Gasteiger partial charge in [0, 0.05) is 0 Å². The summed E-state index contributed by atoms with van der Waals surface area (Å²) in [6.07, 6.45) is 30.7. The normalized spacial score (nSPS) is 13.8. The molecule has 0 saturated heterocycles. The van der Waals surface area contributed by atoms with Crippen LogP contribution in [0.3, 0.4) is 0 Å². The highest BCUT2D eigenvalue weighted by molar-refractivity contribution is 4.59. The minimum atomic E-state index is 0.959. The van der Waals surface area contributed by atoms with Gasteiger partial charge in [0.05, 0.1) is 0 Å². The molecule has 0 spiro atoms. The lowest BCUT2D eigenvalue weighted by Crippen LogP contribution is -1.99. The number of hydrogen-bond acceptors (Lipinski definition) is 0. The third-order valence-electron chi connectivity index (χ3n) is 6.49. The van der Waals surface area contributed by atoms with Crippen molar-refractivity contribution in [1.29, 1.82) is 0 Å². The van der Waals surface area contributed by atoms with E-state index < -0.39 is 0 Å². The van der Waals surface area contributed by atoms with Crippen molar-refractivity contribution in [3.63, 3.8) is 0 Å². The van der Waals surface area contributed by atoms with E-state index in [1.807, 2.05) is 0 Å². The van der Waals surface area contributed by atoms with Gasteiger partial charge in [0.15, 0.2) is 0 Å². The minimum Gasteiger partial charge on any atom is -0.0654 e. The molecule has 0 bridgehead atoms. The molecule has 27 heavy (non-hydrogen) atoms. The standard InChI is InChI=1S/C27H56/c1-5-7-9-11-13-15-17-19-22-26(3)24-21-25-27(4)23-20-18-16-14-12-10-8-6-2/h26-27H,5-25H2,1-4H3. The number of rotatable bonds is 22. The van der Waals surface area contributed by atoms with Crippen LogP contribution >= 0.6 is 0 Å². The zero-order valence-electron chi connectivity index (χ0n) is 20.0. The second-order valence-corrected chi connectivity index (χ2v) is 9.67. The van der Waals surface area contributed by atoms with Crippen molar-refractivity contribution in [2.45, 2.75) is 163 Å². The van der Waals surface area contributed by atoms with Crippen LogP contribution in [-0.4, -0.2) is 0 Å². The van der Waals surface area contributed by atoms with Crippen molar-refractivity contribution in [3.8, 4) is 0 Å². The summed E-state index contributed by atoms with van der Waals surface area (Å²) in [4.78, 5) is 0. The van der Waals surface area contributed by atoms with E-state index in [1.54, 1.807) is 0 Å². The summed E-state index contributed by atoms with van der Waals surface area (Å²) >= 11 is 0. The van der Waals surface area contributed by atoms with Gasteiger partial charge in [0.2, 0.25) is 0 Å². The van der Waals surface area contributed by atoms with Crippen LogP contribution in [0.25, 0.3) is 0 Å². The molecule has 0 aromatic heterocycles. The van der Waals surface area contributed by atoms with Gasteiger partial charge in [-0.3, -0.25) is 0 Å². The predicted molar refractivity (Wildman–Crippen MR) is 127 cm³/mol. The molecule has 0 aliphatic carbocycles. The van der Waals surface area contributed by atoms with Crippen LogP contribution in [0.1, 0.15) is 163 Å². The Labute approximate surface area is 174 Å². The van der Waals surface area contributed by atoms with Crippen LogP contribution in [0, 0.1) is 11.8 Å². The van der Waals surface area contributed by atoms with Gasteiger partial charge in [0.1, 0.15) is 0 Å². The molecule has 0 amide bonds. The molecule has 0 fully saturated rings. The lowest BCUT2D eigenvalue weighted by atomic mass is 9.92. The summed E-state index contributed by atoms with van der Waals surface area (Å²) in [6, 6.07) is 0. The Bertz CT molecular complexity index is 231. The first kappa shape index (κ1) is 27.0. The Morgan fingerprint density at radius 1 is 0.333 bits per heavy atom. The Balaban J connectivity index is 3.29. The molecule has 0 aromatic carbocycles. The second kappa shape index (κ2) is 22.3. The van der Waals surface area contributed by atoms with E-state index in [9.17, 15) is 0 Å². The molecule has 0 aromatic rings. The molecule has 2 atom stereocenters. The average molecular weight is 381 g/mol. The van der Waals surface area contributed by atoms with Gasteiger partial charge < -0.3 is 0 Å². The van der Waals surface area contributed by atoms with Crippen molar-refractivity contribution >= 4 is 0 Å². The summed E-state index contributed by atoms with van der Waals surface area (Å²) in [6.45, 7) is 9.59. The van der Waals surface area contributed by atoms with Crippen molar-refractivity contribution < 1.29 is 0 Å². The third kappa shape index (κ3) is 22.2. The van der Waals surface area contributed by atoms with Crippen LogP contribution in [-0.2, 0) is 0 Å². The molecular weight excluding hydrogens is 324 g/mol. The molecule has 0 heteroatoms. The number of hydrogen-bond donors (Lipinski definition) is 0. The lowest BCUT2D eigenvalue weighted by molar-refractivity contribution is 0.390. The number of unbranched alkanes of at least 4 members (excludes halogenated alkanes) is 14. The Morgan fingerprint density at radius 2 is 0.593 bits per heavy atom. The van der Waals surface area contributed by atoms with E-state index in [2.05, 4.69) is 27.7 Å². The van der Waals surface area contributed by atoms with Crippen molar-refractivity contribution in [2.24, 2.45) is 11.8 Å². The molecule has 0 heterocycles. The van der Waals surface area contributed by atoms with Gasteiger partial charge in [-0.25, -0.2) is 0 Å². The van der Waals surface area contributed by atoms with E-state index in [-0.39, 0.29) is 0 Å². The van der Waals surface area contributed by atoms with E-state index in [0.29, 0.717) is 0 Å². The summed E-state index contributed by atoms with van der Waals surface area (Å²) in [7, 11) is 0. The fourth-order valence-corrected chi connectivity index (χ4v) is 4.36. The zero-order chi connectivity index (χ0) is 20.0. The quantitative estimate of drug-likeness (QED) is 0.164. The van der Waals surface area contributed by atoms with Crippen molar-refractivity contribution in [1.82, 2.24) is 0 Å². The molecular formula is C27H56. The highest BCUT2D eigenvalue weighted by Crippen LogP contribution is 2.21. The van der Waals surface area contributed by atoms with Gasteiger partial charge in [-0.2, -0.15) is 0 Å². The van der Waals surface area contributed by atoms with Crippen LogP contribution in [0.15, 0.2) is 0 Å². The van der Waals surface area contributed by atoms with Crippen LogP contribution in [0.5, 0.6) is 0 Å². The van der Waals surface area contributed by atoms with Crippen molar-refractivity contribution in [2.75, 3.05) is 0 Å². The van der Waals surface area contributed by atoms with Crippen LogP contribution < -0.4 is 0 Å². The van der Waals surface area contributed by atoms with E-state index in [0.717, 1.165) is 11.8 Å². The zero-order valence-corrected chi connectivity index (χ0v) is 20.0. The van der Waals surface area contributed by atoms with Gasteiger partial charge in [-0.05, 0) is 11.8 Å². The van der Waals surface area contributed by atoms with Crippen LogP contribution in [0.4, 0.5) is 0 Å².